The van der Waals surface area contributed by atoms with Gasteiger partial charge in [0, 0.05) is 17.4 Å². The Hall–Kier alpha value is -1.06. The van der Waals surface area contributed by atoms with E-state index in [4.69, 9.17) is 16.3 Å². The lowest BCUT2D eigenvalue weighted by atomic mass is 9.82. The first-order chi connectivity index (χ1) is 10.6. The average molecular weight is 323 g/mol. The van der Waals surface area contributed by atoms with Gasteiger partial charge in [-0.3, -0.25) is 0 Å². The summed E-state index contributed by atoms with van der Waals surface area (Å²) in [6, 6.07) is 7.65. The van der Waals surface area contributed by atoms with E-state index in [2.05, 4.69) is 7.05 Å². The van der Waals surface area contributed by atoms with Crippen molar-refractivity contribution in [2.75, 3.05) is 26.7 Å². The van der Waals surface area contributed by atoms with E-state index in [1.807, 2.05) is 0 Å². The Morgan fingerprint density at radius 3 is 2.91 bits per heavy atom. The third kappa shape index (κ3) is 3.31. The fourth-order valence-electron chi connectivity index (χ4n) is 4.31. The number of benzene rings is 1. The highest BCUT2D eigenvalue weighted by Crippen LogP contribution is 2.36. The third-order valence-electron chi connectivity index (χ3n) is 5.50. The summed E-state index contributed by atoms with van der Waals surface area (Å²) in [4.78, 5) is 12.2. The van der Waals surface area contributed by atoms with E-state index in [-0.39, 0.29) is 5.97 Å². The molecule has 4 heteroatoms. The van der Waals surface area contributed by atoms with Gasteiger partial charge in [0.1, 0.15) is 6.61 Å². The number of esters is 1. The molecule has 0 radical (unpaired) electrons. The van der Waals surface area contributed by atoms with Crippen molar-refractivity contribution in [2.24, 2.45) is 5.92 Å². The standard InChI is InChI=1S/C18H25ClNO2/c1-20-10-3-2-9-17(20)15(7-5-11-20)13-22-18(21)14-6-4-8-16(19)12-14/h4,6,8,12,15,17H,2-3,5,7,9-11,13H2,1H3/q+1/t15-,17+,20-/m0/s1. The number of hydrogen-bond acceptors (Lipinski definition) is 2. The molecule has 2 saturated heterocycles. The van der Waals surface area contributed by atoms with Gasteiger partial charge in [-0.25, -0.2) is 4.79 Å². The molecule has 0 aromatic heterocycles. The van der Waals surface area contributed by atoms with E-state index in [1.165, 1.54) is 49.7 Å². The predicted octanol–water partition coefficient (Wildman–Crippen LogP) is 3.91. The van der Waals surface area contributed by atoms with E-state index >= 15 is 0 Å². The molecule has 0 amide bonds. The number of rotatable bonds is 3. The van der Waals surface area contributed by atoms with Crippen LogP contribution in [0, 0.1) is 5.92 Å². The molecule has 3 nitrogen and oxygen atoms in total. The molecule has 120 valence electrons. The summed E-state index contributed by atoms with van der Waals surface area (Å²) in [5.74, 6) is 0.250. The molecular formula is C18H25ClNO2+. The summed E-state index contributed by atoms with van der Waals surface area (Å²) in [7, 11) is 2.38. The minimum Gasteiger partial charge on any atom is -0.462 e. The first kappa shape index (κ1) is 15.8. The molecule has 2 aliphatic heterocycles. The van der Waals surface area contributed by atoms with Crippen LogP contribution in [0.1, 0.15) is 42.5 Å². The van der Waals surface area contributed by atoms with Gasteiger partial charge in [0.05, 0.1) is 31.7 Å². The summed E-state index contributed by atoms with van der Waals surface area (Å²) in [6.45, 7) is 3.11. The molecule has 0 bridgehead atoms. The average Bonchev–Trinajstić information content (AvgIpc) is 2.51. The maximum Gasteiger partial charge on any atom is 0.338 e. The topological polar surface area (TPSA) is 26.3 Å². The second-order valence-corrected chi connectivity index (χ2v) is 7.44. The van der Waals surface area contributed by atoms with Gasteiger partial charge in [0.25, 0.3) is 0 Å². The molecule has 1 aromatic rings. The molecule has 0 saturated carbocycles. The minimum atomic E-state index is -0.252. The minimum absolute atomic E-state index is 0.252. The Kier molecular flexibility index (Phi) is 4.74. The SMILES string of the molecule is C[N@@+]12CCCC[C@@H]1[C@H](COC(=O)c1cccc(Cl)c1)CCC2. The fraction of sp³-hybridized carbons (Fsp3) is 0.611. The van der Waals surface area contributed by atoms with Crippen LogP contribution in [-0.2, 0) is 4.74 Å². The molecule has 2 heterocycles. The van der Waals surface area contributed by atoms with Crippen molar-refractivity contribution < 1.29 is 14.0 Å². The Morgan fingerprint density at radius 1 is 1.27 bits per heavy atom. The molecule has 0 aliphatic carbocycles. The lowest BCUT2D eigenvalue weighted by Gasteiger charge is -2.51. The molecule has 22 heavy (non-hydrogen) atoms. The zero-order chi connectivity index (χ0) is 15.6. The van der Waals surface area contributed by atoms with Crippen molar-refractivity contribution in [3.8, 4) is 0 Å². The van der Waals surface area contributed by atoms with Crippen molar-refractivity contribution in [1.29, 1.82) is 0 Å². The Morgan fingerprint density at radius 2 is 2.09 bits per heavy atom. The lowest BCUT2D eigenvalue weighted by Crippen LogP contribution is -2.61. The Bertz CT molecular complexity index is 544. The summed E-state index contributed by atoms with van der Waals surface area (Å²) in [5.41, 5.74) is 0.546. The fourth-order valence-corrected chi connectivity index (χ4v) is 4.50. The quantitative estimate of drug-likeness (QED) is 0.623. The van der Waals surface area contributed by atoms with Gasteiger partial charge in [0.15, 0.2) is 0 Å². The summed E-state index contributed by atoms with van der Waals surface area (Å²) in [5, 5.41) is 0.573. The molecule has 3 atom stereocenters. The van der Waals surface area contributed by atoms with Gasteiger partial charge in [0.2, 0.25) is 0 Å². The van der Waals surface area contributed by atoms with E-state index < -0.39 is 0 Å². The number of nitrogens with zero attached hydrogens (tertiary/aromatic N) is 1. The van der Waals surface area contributed by atoms with Crippen molar-refractivity contribution >= 4 is 17.6 Å². The van der Waals surface area contributed by atoms with E-state index in [1.54, 1.807) is 24.3 Å². The van der Waals surface area contributed by atoms with Gasteiger partial charge >= 0.3 is 5.97 Å². The normalized spacial score (nSPS) is 31.4. The third-order valence-corrected chi connectivity index (χ3v) is 5.73. The van der Waals surface area contributed by atoms with Gasteiger partial charge in [-0.2, -0.15) is 0 Å². The van der Waals surface area contributed by atoms with Crippen molar-refractivity contribution in [2.45, 2.75) is 38.1 Å². The Balaban J connectivity index is 1.62. The van der Waals surface area contributed by atoms with Crippen molar-refractivity contribution in [3.63, 3.8) is 0 Å². The molecule has 3 rings (SSSR count). The van der Waals surface area contributed by atoms with Gasteiger partial charge < -0.3 is 9.22 Å². The second-order valence-electron chi connectivity index (χ2n) is 7.00. The smallest absolute Gasteiger partial charge is 0.338 e. The van der Waals surface area contributed by atoms with Crippen molar-refractivity contribution in [1.82, 2.24) is 0 Å². The van der Waals surface area contributed by atoms with Crippen LogP contribution in [-0.4, -0.2) is 43.2 Å². The predicted molar refractivity (Wildman–Crippen MR) is 88.0 cm³/mol. The number of halogens is 1. The Labute approximate surface area is 137 Å². The van der Waals surface area contributed by atoms with Crippen LogP contribution < -0.4 is 0 Å². The van der Waals surface area contributed by atoms with Crippen LogP contribution in [0.2, 0.25) is 5.02 Å². The molecule has 0 unspecified atom stereocenters. The van der Waals surface area contributed by atoms with Crippen LogP contribution >= 0.6 is 11.6 Å². The van der Waals surface area contributed by atoms with Crippen LogP contribution in [0.3, 0.4) is 0 Å². The molecule has 2 fully saturated rings. The lowest BCUT2D eigenvalue weighted by molar-refractivity contribution is -0.947. The molecular weight excluding hydrogens is 298 g/mol. The summed E-state index contributed by atoms with van der Waals surface area (Å²) < 4.78 is 6.79. The highest BCUT2D eigenvalue weighted by molar-refractivity contribution is 6.30. The first-order valence-corrected chi connectivity index (χ1v) is 8.73. The maximum atomic E-state index is 12.2. The first-order valence-electron chi connectivity index (χ1n) is 8.35. The number of carbonyl (C=O) groups is 1. The van der Waals surface area contributed by atoms with E-state index in [9.17, 15) is 4.79 Å². The monoisotopic (exact) mass is 322 g/mol. The molecule has 1 aromatic carbocycles. The van der Waals surface area contributed by atoms with Crippen molar-refractivity contribution in [3.05, 3.63) is 34.9 Å². The number of fused-ring (bicyclic) bond motifs is 1. The van der Waals surface area contributed by atoms with Crippen LogP contribution in [0.4, 0.5) is 0 Å². The van der Waals surface area contributed by atoms with Gasteiger partial charge in [-0.05, 0) is 43.9 Å². The van der Waals surface area contributed by atoms with Crippen LogP contribution in [0.15, 0.2) is 24.3 Å². The highest BCUT2D eigenvalue weighted by atomic mass is 35.5. The molecule has 0 N–H and O–H groups in total. The van der Waals surface area contributed by atoms with Crippen LogP contribution in [0.25, 0.3) is 0 Å². The number of ether oxygens (including phenoxy) is 1. The van der Waals surface area contributed by atoms with E-state index in [0.29, 0.717) is 29.2 Å². The largest absolute Gasteiger partial charge is 0.462 e. The second kappa shape index (κ2) is 6.59. The van der Waals surface area contributed by atoms with Gasteiger partial charge in [-0.15, -0.1) is 0 Å². The number of hydrogen-bond donors (Lipinski definition) is 0. The number of quaternary nitrogens is 1. The maximum absolute atomic E-state index is 12.2. The van der Waals surface area contributed by atoms with Crippen LogP contribution in [0.5, 0.6) is 0 Å². The number of piperidine rings is 2. The highest BCUT2D eigenvalue weighted by Gasteiger charge is 2.43. The zero-order valence-corrected chi connectivity index (χ0v) is 14.0. The molecule has 2 aliphatic rings. The van der Waals surface area contributed by atoms with E-state index in [0.717, 1.165) is 0 Å². The van der Waals surface area contributed by atoms with Gasteiger partial charge in [-0.1, -0.05) is 17.7 Å². The summed E-state index contributed by atoms with van der Waals surface area (Å²) in [6.07, 6.45) is 6.35. The molecule has 0 spiro atoms. The number of carbonyl (C=O) groups excluding carboxylic acids is 1. The zero-order valence-electron chi connectivity index (χ0n) is 13.3. The summed E-state index contributed by atoms with van der Waals surface area (Å²) >= 11 is 5.94.